The maximum atomic E-state index is 12.8. The summed E-state index contributed by atoms with van der Waals surface area (Å²) in [6.07, 6.45) is -4.64. The van der Waals surface area contributed by atoms with Crippen LogP contribution >= 0.6 is 0 Å². The molecule has 0 spiro atoms. The van der Waals surface area contributed by atoms with Gasteiger partial charge in [0.2, 0.25) is 5.91 Å². The molecule has 20 heavy (non-hydrogen) atoms. The van der Waals surface area contributed by atoms with Crippen molar-refractivity contribution in [3.63, 3.8) is 0 Å². The number of alkyl halides is 3. The molecular weight excluding hydrogens is 273 g/mol. The van der Waals surface area contributed by atoms with Gasteiger partial charge in [-0.1, -0.05) is 6.07 Å². The predicted molar refractivity (Wildman–Crippen MR) is 69.1 cm³/mol. The number of ether oxygens (including phenoxy) is 1. The zero-order valence-electron chi connectivity index (χ0n) is 11.3. The number of amides is 1. The number of hydrogen-bond acceptors (Lipinski definition) is 3. The Bertz CT molecular complexity index is 473. The first kappa shape index (κ1) is 16.5. The van der Waals surface area contributed by atoms with Crippen molar-refractivity contribution in [2.75, 3.05) is 11.9 Å². The molecule has 0 fully saturated rings. The number of carbonyl (C=O) groups excluding carboxylic acids is 1. The summed E-state index contributed by atoms with van der Waals surface area (Å²) in [6.45, 7) is 3.08. The standard InChI is InChI=1S/C13H17F3N2O2/c1-8(2)20-7-12(19)18-10-4-3-9(6-17)11(5-10)13(14,15)16/h3-5,8H,6-7,17H2,1-2H3,(H,18,19). The highest BCUT2D eigenvalue weighted by Gasteiger charge is 2.33. The molecule has 1 amide bonds. The highest BCUT2D eigenvalue weighted by Crippen LogP contribution is 2.33. The average molecular weight is 290 g/mol. The minimum absolute atomic E-state index is 0.0195. The summed E-state index contributed by atoms with van der Waals surface area (Å²) >= 11 is 0. The maximum absolute atomic E-state index is 12.8. The van der Waals surface area contributed by atoms with Crippen molar-refractivity contribution in [3.05, 3.63) is 29.3 Å². The van der Waals surface area contributed by atoms with Crippen LogP contribution in [0.5, 0.6) is 0 Å². The normalized spacial score (nSPS) is 11.8. The molecule has 4 nitrogen and oxygen atoms in total. The van der Waals surface area contributed by atoms with Crippen LogP contribution in [0.25, 0.3) is 0 Å². The molecular formula is C13H17F3N2O2. The maximum Gasteiger partial charge on any atom is 0.416 e. The van der Waals surface area contributed by atoms with Crippen LogP contribution in [-0.2, 0) is 22.3 Å². The first-order chi connectivity index (χ1) is 9.24. The lowest BCUT2D eigenvalue weighted by molar-refractivity contribution is -0.138. The van der Waals surface area contributed by atoms with Crippen LogP contribution in [0.4, 0.5) is 18.9 Å². The first-order valence-electron chi connectivity index (χ1n) is 6.05. The minimum Gasteiger partial charge on any atom is -0.369 e. The first-order valence-corrected chi connectivity index (χ1v) is 6.05. The Morgan fingerprint density at radius 2 is 2.05 bits per heavy atom. The molecule has 3 N–H and O–H groups in total. The van der Waals surface area contributed by atoms with Gasteiger partial charge in [-0.2, -0.15) is 13.2 Å². The van der Waals surface area contributed by atoms with E-state index in [9.17, 15) is 18.0 Å². The second-order valence-electron chi connectivity index (χ2n) is 4.48. The van der Waals surface area contributed by atoms with Crippen molar-refractivity contribution in [1.82, 2.24) is 0 Å². The lowest BCUT2D eigenvalue weighted by atomic mass is 10.1. The molecule has 0 aliphatic carbocycles. The van der Waals surface area contributed by atoms with Crippen LogP contribution in [0.1, 0.15) is 25.0 Å². The van der Waals surface area contributed by atoms with E-state index in [4.69, 9.17) is 10.5 Å². The van der Waals surface area contributed by atoms with Crippen LogP contribution in [0.3, 0.4) is 0 Å². The van der Waals surface area contributed by atoms with E-state index in [2.05, 4.69) is 5.32 Å². The van der Waals surface area contributed by atoms with Gasteiger partial charge in [-0.05, 0) is 31.5 Å². The minimum atomic E-state index is -4.51. The Hall–Kier alpha value is -1.60. The van der Waals surface area contributed by atoms with Crippen LogP contribution < -0.4 is 11.1 Å². The highest BCUT2D eigenvalue weighted by atomic mass is 19.4. The summed E-state index contributed by atoms with van der Waals surface area (Å²) in [5.41, 5.74) is 4.47. The fourth-order valence-electron chi connectivity index (χ4n) is 1.54. The summed E-state index contributed by atoms with van der Waals surface area (Å²) < 4.78 is 43.5. The Labute approximate surface area is 115 Å². The van der Waals surface area contributed by atoms with Crippen molar-refractivity contribution in [1.29, 1.82) is 0 Å². The van der Waals surface area contributed by atoms with E-state index >= 15 is 0 Å². The van der Waals surface area contributed by atoms with Gasteiger partial charge < -0.3 is 15.8 Å². The van der Waals surface area contributed by atoms with E-state index in [0.29, 0.717) is 0 Å². The van der Waals surface area contributed by atoms with Crippen molar-refractivity contribution >= 4 is 11.6 Å². The van der Waals surface area contributed by atoms with Gasteiger partial charge in [0.05, 0.1) is 11.7 Å². The summed E-state index contributed by atoms with van der Waals surface area (Å²) in [6, 6.07) is 3.50. The molecule has 0 aliphatic heterocycles. The van der Waals surface area contributed by atoms with E-state index in [1.165, 1.54) is 12.1 Å². The monoisotopic (exact) mass is 290 g/mol. The molecule has 0 unspecified atom stereocenters. The molecule has 0 saturated carbocycles. The van der Waals surface area contributed by atoms with E-state index in [-0.39, 0.29) is 30.5 Å². The topological polar surface area (TPSA) is 64.3 Å². The van der Waals surface area contributed by atoms with Gasteiger partial charge in [0.1, 0.15) is 6.61 Å². The third-order valence-electron chi connectivity index (χ3n) is 2.47. The van der Waals surface area contributed by atoms with Crippen molar-refractivity contribution in [2.24, 2.45) is 5.73 Å². The number of nitrogens with one attached hydrogen (secondary N) is 1. The zero-order valence-corrected chi connectivity index (χ0v) is 11.3. The predicted octanol–water partition coefficient (Wildman–Crippen LogP) is 2.53. The zero-order chi connectivity index (χ0) is 15.3. The van der Waals surface area contributed by atoms with Gasteiger partial charge in [-0.25, -0.2) is 0 Å². The Morgan fingerprint density at radius 3 is 2.55 bits per heavy atom. The Balaban J connectivity index is 2.85. The quantitative estimate of drug-likeness (QED) is 0.876. The molecule has 7 heteroatoms. The fourth-order valence-corrected chi connectivity index (χ4v) is 1.54. The Morgan fingerprint density at radius 1 is 1.40 bits per heavy atom. The summed E-state index contributed by atoms with van der Waals surface area (Å²) in [5, 5.41) is 2.36. The molecule has 0 saturated heterocycles. The second kappa shape index (κ2) is 6.71. The fraction of sp³-hybridized carbons (Fsp3) is 0.462. The van der Waals surface area contributed by atoms with Crippen LogP contribution in [0.2, 0.25) is 0 Å². The van der Waals surface area contributed by atoms with Crippen molar-refractivity contribution in [3.8, 4) is 0 Å². The summed E-state index contributed by atoms with van der Waals surface area (Å²) in [5.74, 6) is -0.507. The molecule has 0 bridgehead atoms. The van der Waals surface area contributed by atoms with Gasteiger partial charge >= 0.3 is 6.18 Å². The van der Waals surface area contributed by atoms with Gasteiger partial charge in [0.15, 0.2) is 0 Å². The lowest BCUT2D eigenvalue weighted by Crippen LogP contribution is -2.21. The van der Waals surface area contributed by atoms with Crippen molar-refractivity contribution in [2.45, 2.75) is 32.7 Å². The van der Waals surface area contributed by atoms with Crippen LogP contribution in [0.15, 0.2) is 18.2 Å². The number of hydrogen-bond donors (Lipinski definition) is 2. The molecule has 0 atom stereocenters. The number of carbonyl (C=O) groups is 1. The Kier molecular flexibility index (Phi) is 5.52. The molecule has 1 rings (SSSR count). The summed E-state index contributed by atoms with van der Waals surface area (Å²) in [7, 11) is 0. The number of halogens is 3. The number of nitrogens with two attached hydrogens (primary N) is 1. The van der Waals surface area contributed by atoms with E-state index in [1.807, 2.05) is 0 Å². The molecule has 0 radical (unpaired) electrons. The third-order valence-corrected chi connectivity index (χ3v) is 2.47. The molecule has 112 valence electrons. The smallest absolute Gasteiger partial charge is 0.369 e. The number of anilines is 1. The molecule has 1 aromatic rings. The molecule has 0 heterocycles. The average Bonchev–Trinajstić information content (AvgIpc) is 2.35. The second-order valence-corrected chi connectivity index (χ2v) is 4.48. The number of rotatable bonds is 5. The van der Waals surface area contributed by atoms with Gasteiger partial charge in [0.25, 0.3) is 0 Å². The van der Waals surface area contributed by atoms with E-state index in [1.54, 1.807) is 13.8 Å². The highest BCUT2D eigenvalue weighted by molar-refractivity contribution is 5.91. The molecule has 0 aromatic heterocycles. The largest absolute Gasteiger partial charge is 0.416 e. The van der Waals surface area contributed by atoms with Crippen LogP contribution in [-0.4, -0.2) is 18.6 Å². The third kappa shape index (κ3) is 4.82. The SMILES string of the molecule is CC(C)OCC(=O)Nc1ccc(CN)c(C(F)(F)F)c1. The van der Waals surface area contributed by atoms with E-state index < -0.39 is 17.6 Å². The lowest BCUT2D eigenvalue weighted by Gasteiger charge is -2.14. The molecule has 1 aromatic carbocycles. The van der Waals surface area contributed by atoms with Crippen LogP contribution in [0, 0.1) is 0 Å². The number of benzene rings is 1. The molecule has 0 aliphatic rings. The van der Waals surface area contributed by atoms with Gasteiger partial charge in [-0.15, -0.1) is 0 Å². The van der Waals surface area contributed by atoms with Crippen molar-refractivity contribution < 1.29 is 22.7 Å². The van der Waals surface area contributed by atoms with E-state index in [0.717, 1.165) is 6.07 Å². The van der Waals surface area contributed by atoms with Gasteiger partial charge in [0, 0.05) is 12.2 Å². The summed E-state index contributed by atoms with van der Waals surface area (Å²) in [4.78, 5) is 11.5. The van der Waals surface area contributed by atoms with Gasteiger partial charge in [-0.3, -0.25) is 4.79 Å².